The molecule has 0 saturated carbocycles. The third-order valence-corrected chi connectivity index (χ3v) is 25.6. The van der Waals surface area contributed by atoms with Crippen LogP contribution in [0, 0.1) is 235 Å². The fourth-order valence-corrected chi connectivity index (χ4v) is 15.3. The van der Waals surface area contributed by atoms with Crippen molar-refractivity contribution in [3.05, 3.63) is 308 Å². The van der Waals surface area contributed by atoms with Crippen molar-refractivity contribution >= 4 is 10.8 Å². The molecule has 0 unspecified atom stereocenters. The summed E-state index contributed by atoms with van der Waals surface area (Å²) in [6.45, 7) is 79.0. The van der Waals surface area contributed by atoms with E-state index >= 15 is 0 Å². The maximum absolute atomic E-state index is 2.30. The van der Waals surface area contributed by atoms with Crippen LogP contribution in [0.3, 0.4) is 0 Å². The minimum absolute atomic E-state index is 1.14. The van der Waals surface area contributed by atoms with Crippen LogP contribution in [-0.4, -0.2) is 0 Å². The van der Waals surface area contributed by atoms with E-state index in [0.29, 0.717) is 0 Å². The van der Waals surface area contributed by atoms with Gasteiger partial charge in [0.25, 0.3) is 0 Å². The maximum atomic E-state index is 2.30. The smallest absolute Gasteiger partial charge is 0.0114 e. The van der Waals surface area contributed by atoms with Crippen LogP contribution in [0.15, 0.2) is 91.0 Å². The highest BCUT2D eigenvalue weighted by Crippen LogP contribution is 2.42. The lowest BCUT2D eigenvalue weighted by molar-refractivity contribution is 0.821. The first-order valence-corrected chi connectivity index (χ1v) is 37.2. The summed E-state index contributed by atoms with van der Waals surface area (Å²) in [6, 6.07) is 31.8. The average molecular weight is 1320 g/mol. The zero-order valence-corrected chi connectivity index (χ0v) is 69.4. The molecule has 0 amide bonds. The maximum Gasteiger partial charge on any atom is -0.0114 e. The molecule has 0 aliphatic heterocycles. The van der Waals surface area contributed by atoms with Crippen LogP contribution in [0.4, 0.5) is 0 Å². The first-order valence-electron chi connectivity index (χ1n) is 37.2. The molecule has 0 saturated heterocycles. The van der Waals surface area contributed by atoms with Gasteiger partial charge in [0.2, 0.25) is 0 Å². The van der Waals surface area contributed by atoms with E-state index in [1.807, 2.05) is 6.07 Å². The first-order chi connectivity index (χ1) is 46.3. The third-order valence-electron chi connectivity index (χ3n) is 25.6. The largest absolute Gasteiger partial charge is 0.0622 e. The van der Waals surface area contributed by atoms with Crippen molar-refractivity contribution in [2.45, 2.75) is 281 Å². The van der Waals surface area contributed by atoms with E-state index in [2.05, 4.69) is 327 Å². The number of aryl methyl sites for hydroxylation is 7. The quantitative estimate of drug-likeness (QED) is 0.135. The molecule has 0 heterocycles. The molecule has 0 atom stereocenters. The van der Waals surface area contributed by atoms with Crippen molar-refractivity contribution in [2.24, 2.45) is 0 Å². The topological polar surface area (TPSA) is 0 Å². The number of benzene rings is 10. The van der Waals surface area contributed by atoms with Gasteiger partial charge in [-0.05, 0) is 513 Å². The molecule has 0 N–H and O–H groups in total. The second-order valence-electron chi connectivity index (χ2n) is 29.9. The highest BCUT2D eigenvalue weighted by molar-refractivity contribution is 5.97. The Bertz CT molecular complexity index is 4000. The molecule has 10 rings (SSSR count). The molecule has 10 aromatic rings. The summed E-state index contributed by atoms with van der Waals surface area (Å²) in [6.07, 6.45) is 7.01. The van der Waals surface area contributed by atoms with E-state index in [0.717, 1.165) is 19.3 Å². The van der Waals surface area contributed by atoms with Crippen molar-refractivity contribution in [2.75, 3.05) is 0 Å². The van der Waals surface area contributed by atoms with Gasteiger partial charge in [-0.3, -0.25) is 0 Å². The Hall–Kier alpha value is -7.54. The third kappa shape index (κ3) is 18.2. The standard InChI is InChI=1S/C24H34.C22H30.C18H24.C15H16.C12H18.C8H10/c1-13-15(3)19(7)23(20(8)16(13)4)11-12-24-21(9)17(5)14(2)18(6)22(24)10;1-11-13(3)17(7)21(18(8)14(11)4)22-19(9)15(5)12(2)16(6)20(22)10;1-9-10(2)14(6)18-16(8)12(4)11(3)15(7)17(18)13(9)5;1-3-8-14(9-4-1)12-7-13-15-10-5-2-6-11-15;1-7-8(2)10(4)12(6)11(5)9(7)3;1-2-8-6-4-3-5-7-8/h11-12H2,1-10H3;1-10H3;1-8H3;1-6,8-11H,7,12-13H2;1-6H3;3-7H,2H2,1H3. The summed E-state index contributed by atoms with van der Waals surface area (Å²) in [7, 11) is 0. The van der Waals surface area contributed by atoms with E-state index in [1.165, 1.54) is 247 Å². The van der Waals surface area contributed by atoms with Gasteiger partial charge in [0, 0.05) is 0 Å². The molecule has 99 heavy (non-hydrogen) atoms. The molecule has 0 aromatic heterocycles. The molecule has 0 heteroatoms. The second kappa shape index (κ2) is 35.7. The molecule has 0 nitrogen and oxygen atoms in total. The highest BCUT2D eigenvalue weighted by atomic mass is 14.3. The van der Waals surface area contributed by atoms with Gasteiger partial charge in [0.05, 0.1) is 0 Å². The van der Waals surface area contributed by atoms with Gasteiger partial charge in [-0.1, -0.05) is 97.9 Å². The van der Waals surface area contributed by atoms with Crippen LogP contribution >= 0.6 is 0 Å². The Kier molecular flexibility index (Phi) is 29.6. The highest BCUT2D eigenvalue weighted by Gasteiger charge is 2.22. The van der Waals surface area contributed by atoms with Crippen molar-refractivity contribution < 1.29 is 0 Å². The Morgan fingerprint density at radius 3 is 0.505 bits per heavy atom. The van der Waals surface area contributed by atoms with Crippen LogP contribution in [0.1, 0.15) is 230 Å². The Balaban J connectivity index is 0.000000220. The molecule has 0 fully saturated rings. The molecule has 10 aromatic carbocycles. The summed E-state index contributed by atoms with van der Waals surface area (Å²) >= 11 is 0. The number of hydrogen-bond donors (Lipinski definition) is 0. The fraction of sp³-hybridized carbons (Fsp3) is 0.414. The molecule has 528 valence electrons. The van der Waals surface area contributed by atoms with Gasteiger partial charge in [0.15, 0.2) is 0 Å². The lowest BCUT2D eigenvalue weighted by Crippen LogP contribution is -2.08. The van der Waals surface area contributed by atoms with E-state index in [4.69, 9.17) is 0 Å². The van der Waals surface area contributed by atoms with E-state index in [9.17, 15) is 0 Å². The molecule has 0 radical (unpaired) electrons. The average Bonchev–Trinajstić information content (AvgIpc) is 0.753. The summed E-state index contributed by atoms with van der Waals surface area (Å²) in [5, 5.41) is 2.97. The van der Waals surface area contributed by atoms with Gasteiger partial charge in [-0.15, -0.1) is 0 Å². The van der Waals surface area contributed by atoms with Gasteiger partial charge in [-0.2, -0.15) is 0 Å². The van der Waals surface area contributed by atoms with Gasteiger partial charge in [0.1, 0.15) is 0 Å². The van der Waals surface area contributed by atoms with E-state index in [-0.39, 0.29) is 0 Å². The van der Waals surface area contributed by atoms with E-state index in [1.54, 1.807) is 11.1 Å². The molecular formula is C99H132. The zero-order valence-electron chi connectivity index (χ0n) is 69.4. The van der Waals surface area contributed by atoms with Crippen molar-refractivity contribution in [1.82, 2.24) is 0 Å². The normalized spacial score (nSPS) is 10.8. The van der Waals surface area contributed by atoms with Crippen LogP contribution < -0.4 is 0 Å². The Morgan fingerprint density at radius 2 is 0.323 bits per heavy atom. The van der Waals surface area contributed by atoms with E-state index < -0.39 is 0 Å². The zero-order chi connectivity index (χ0) is 74.7. The number of rotatable bonds is 9. The fourth-order valence-electron chi connectivity index (χ4n) is 15.3. The van der Waals surface area contributed by atoms with Gasteiger partial charge in [-0.25, -0.2) is 0 Å². The predicted molar refractivity (Wildman–Crippen MR) is 444 cm³/mol. The van der Waals surface area contributed by atoms with Crippen LogP contribution in [-0.2, 0) is 32.1 Å². The predicted octanol–water partition coefficient (Wildman–Crippen LogP) is 27.9. The summed E-state index contributed by atoms with van der Waals surface area (Å²) in [5.41, 5.74) is 59.8. The Labute approximate surface area is 607 Å². The lowest BCUT2D eigenvalue weighted by Gasteiger charge is -2.25. The van der Waals surface area contributed by atoms with Gasteiger partial charge >= 0.3 is 0 Å². The summed E-state index contributed by atoms with van der Waals surface area (Å²) in [5.74, 6) is 0. The summed E-state index contributed by atoms with van der Waals surface area (Å²) in [4.78, 5) is 0. The number of hydrogen-bond acceptors (Lipinski definition) is 0. The van der Waals surface area contributed by atoms with Crippen LogP contribution in [0.5, 0.6) is 0 Å². The van der Waals surface area contributed by atoms with Gasteiger partial charge < -0.3 is 0 Å². The monoisotopic (exact) mass is 1320 g/mol. The first kappa shape index (κ1) is 82.1. The van der Waals surface area contributed by atoms with Crippen molar-refractivity contribution in [3.8, 4) is 11.1 Å². The van der Waals surface area contributed by atoms with Crippen molar-refractivity contribution in [1.29, 1.82) is 0 Å². The minimum atomic E-state index is 1.14. The van der Waals surface area contributed by atoms with Crippen LogP contribution in [0.25, 0.3) is 21.9 Å². The SMILES string of the molecule is CCc1ccccc1.Cc1c(C)c(C)c(-c2c(C)c(C)c(C)c(C)c2C)c(C)c1C.Cc1c(C)c(C)c(C)c(C)c1C.Cc1c(C)c(C)c(CCc2c(C)c(C)c(C)c(C)c2C)c(C)c1C.Cc1c(C)c(C)c2c(C)c(C)c(C)c(C)c2c1C.c1ccc(CCCc2ccccc2)cc1. The molecule has 0 aliphatic rings. The summed E-state index contributed by atoms with van der Waals surface area (Å²) < 4.78 is 0. The van der Waals surface area contributed by atoms with Crippen LogP contribution in [0.2, 0.25) is 0 Å². The molecule has 0 spiro atoms. The Morgan fingerprint density at radius 1 is 0.162 bits per heavy atom. The second-order valence-corrected chi connectivity index (χ2v) is 29.9. The minimum Gasteiger partial charge on any atom is -0.0622 e. The number of fused-ring (bicyclic) bond motifs is 1. The molecule has 0 aliphatic carbocycles. The molecular weight excluding hydrogens is 1190 g/mol. The molecule has 0 bridgehead atoms. The van der Waals surface area contributed by atoms with Crippen molar-refractivity contribution in [3.63, 3.8) is 0 Å². The lowest BCUT2D eigenvalue weighted by atomic mass is 9.80.